The highest BCUT2D eigenvalue weighted by molar-refractivity contribution is 5.79. The third-order valence-corrected chi connectivity index (χ3v) is 9.40. The van der Waals surface area contributed by atoms with Crippen LogP contribution in [0.5, 0.6) is 5.75 Å². The van der Waals surface area contributed by atoms with Crippen LogP contribution >= 0.6 is 0 Å². The van der Waals surface area contributed by atoms with Gasteiger partial charge in [-0.25, -0.2) is 9.97 Å². The molecule has 2 heterocycles. The average Bonchev–Trinajstić information content (AvgIpc) is 3.09. The lowest BCUT2D eigenvalue weighted by molar-refractivity contribution is 0.446. The molecule has 0 aliphatic carbocycles. The van der Waals surface area contributed by atoms with E-state index in [0.29, 0.717) is 0 Å². The molecule has 0 saturated carbocycles. The minimum atomic E-state index is -0.334. The fraction of sp³-hybridized carbons (Fsp3) is 0.244. The van der Waals surface area contributed by atoms with Crippen LogP contribution in [0.1, 0.15) is 77.6 Å². The number of benzene rings is 4. The van der Waals surface area contributed by atoms with Crippen LogP contribution in [0.25, 0.3) is 22.5 Å². The second-order valence-corrected chi connectivity index (χ2v) is 15.4. The number of aromatic hydroxyl groups is 1. The lowest BCUT2D eigenvalue weighted by atomic mass is 9.76. The molecule has 0 aliphatic rings. The number of nitrogens with zero attached hydrogens (tertiary/aromatic N) is 3. The van der Waals surface area contributed by atoms with E-state index < -0.39 is 0 Å². The summed E-state index contributed by atoms with van der Waals surface area (Å²) in [6.07, 6.45) is 1.82. The van der Waals surface area contributed by atoms with Crippen molar-refractivity contribution < 1.29 is 5.11 Å². The van der Waals surface area contributed by atoms with Gasteiger partial charge in [-0.1, -0.05) is 128 Å². The van der Waals surface area contributed by atoms with Gasteiger partial charge in [-0.2, -0.15) is 0 Å². The summed E-state index contributed by atoms with van der Waals surface area (Å²) in [4.78, 5) is 12.2. The van der Waals surface area contributed by atoms with Crippen LogP contribution in [-0.2, 0) is 16.2 Å². The molecule has 248 valence electrons. The highest BCUT2D eigenvalue weighted by atomic mass is 16.3. The predicted octanol–water partition coefficient (Wildman–Crippen LogP) is 11.9. The van der Waals surface area contributed by atoms with Gasteiger partial charge in [0.15, 0.2) is 0 Å². The van der Waals surface area contributed by atoms with E-state index >= 15 is 0 Å². The van der Waals surface area contributed by atoms with Crippen molar-refractivity contribution in [3.63, 3.8) is 0 Å². The number of pyridine rings is 2. The Morgan fingerprint density at radius 2 is 1.16 bits per heavy atom. The molecule has 4 heteroatoms. The van der Waals surface area contributed by atoms with Crippen molar-refractivity contribution in [2.45, 2.75) is 71.6 Å². The summed E-state index contributed by atoms with van der Waals surface area (Å²) in [5.41, 5.74) is 9.01. The third-order valence-electron chi connectivity index (χ3n) is 9.40. The van der Waals surface area contributed by atoms with Crippen LogP contribution in [0.4, 0.5) is 17.2 Å². The standard InChI is InChI=1S/C45H47N3O/c1-43(2,3)33-27-37(42(49)38(28-33)44(4,5)6)40-30-34(45(7,8)32-19-11-9-12-20-32)29-39(47-40)31-18-17-23-36(26-31)48(35-21-13-10-14-22-35)41-24-15-16-25-46-41/h9-30,49H,1-8H3. The van der Waals surface area contributed by atoms with Crippen LogP contribution in [0.2, 0.25) is 0 Å². The normalized spacial score (nSPS) is 12.2. The Morgan fingerprint density at radius 3 is 1.80 bits per heavy atom. The van der Waals surface area contributed by atoms with E-state index in [9.17, 15) is 5.11 Å². The van der Waals surface area contributed by atoms with Gasteiger partial charge in [0, 0.05) is 39.7 Å². The Labute approximate surface area is 292 Å². The van der Waals surface area contributed by atoms with E-state index in [2.05, 4.69) is 151 Å². The van der Waals surface area contributed by atoms with Gasteiger partial charge in [0.05, 0.1) is 11.4 Å². The monoisotopic (exact) mass is 645 g/mol. The van der Waals surface area contributed by atoms with Crippen molar-refractivity contribution in [1.82, 2.24) is 9.97 Å². The van der Waals surface area contributed by atoms with Crippen molar-refractivity contribution >= 4 is 17.2 Å². The lowest BCUT2D eigenvalue weighted by Crippen LogP contribution is -2.20. The second-order valence-electron chi connectivity index (χ2n) is 15.4. The van der Waals surface area contributed by atoms with E-state index in [1.807, 2.05) is 42.6 Å². The maximum atomic E-state index is 12.0. The van der Waals surface area contributed by atoms with Gasteiger partial charge in [0.25, 0.3) is 0 Å². The first kappa shape index (κ1) is 33.7. The van der Waals surface area contributed by atoms with Gasteiger partial charge in [-0.15, -0.1) is 0 Å². The predicted molar refractivity (Wildman–Crippen MR) is 205 cm³/mol. The number of rotatable bonds is 7. The Morgan fingerprint density at radius 1 is 0.531 bits per heavy atom. The van der Waals surface area contributed by atoms with E-state index in [1.165, 1.54) is 5.56 Å². The second kappa shape index (κ2) is 13.0. The van der Waals surface area contributed by atoms with Gasteiger partial charge in [-0.3, -0.25) is 4.90 Å². The highest BCUT2D eigenvalue weighted by Crippen LogP contribution is 2.44. The van der Waals surface area contributed by atoms with Gasteiger partial charge in [0.1, 0.15) is 11.6 Å². The molecule has 4 aromatic carbocycles. The summed E-state index contributed by atoms with van der Waals surface area (Å²) in [7, 11) is 0. The van der Waals surface area contributed by atoms with Crippen molar-refractivity contribution in [2.24, 2.45) is 0 Å². The molecule has 0 bridgehead atoms. The fourth-order valence-corrected chi connectivity index (χ4v) is 6.31. The molecule has 0 atom stereocenters. The fourth-order valence-electron chi connectivity index (χ4n) is 6.31. The molecule has 1 N–H and O–H groups in total. The number of aromatic nitrogens is 2. The lowest BCUT2D eigenvalue weighted by Gasteiger charge is -2.29. The molecule has 0 aliphatic heterocycles. The van der Waals surface area contributed by atoms with Crippen LogP contribution in [0.15, 0.2) is 134 Å². The van der Waals surface area contributed by atoms with Crippen molar-refractivity contribution in [3.8, 4) is 28.3 Å². The Bertz CT molecular complexity index is 2020. The first-order valence-corrected chi connectivity index (χ1v) is 17.1. The molecule has 49 heavy (non-hydrogen) atoms. The van der Waals surface area contributed by atoms with Crippen LogP contribution in [0.3, 0.4) is 0 Å². The number of phenolic OH excluding ortho intramolecular Hbond substituents is 1. The van der Waals surface area contributed by atoms with E-state index in [0.717, 1.165) is 56.4 Å². The van der Waals surface area contributed by atoms with Crippen molar-refractivity contribution in [3.05, 3.63) is 156 Å². The minimum Gasteiger partial charge on any atom is -0.507 e. The molecule has 2 aromatic heterocycles. The first-order chi connectivity index (χ1) is 23.2. The molecule has 0 unspecified atom stereocenters. The average molecular weight is 646 g/mol. The zero-order chi connectivity index (χ0) is 35.0. The number of anilines is 3. The Kier molecular flexibility index (Phi) is 8.94. The maximum Gasteiger partial charge on any atom is 0.137 e. The van der Waals surface area contributed by atoms with E-state index in [1.54, 1.807) is 0 Å². The van der Waals surface area contributed by atoms with E-state index in [4.69, 9.17) is 9.97 Å². The third kappa shape index (κ3) is 7.00. The molecule has 0 saturated heterocycles. The quantitative estimate of drug-likeness (QED) is 0.188. The molecule has 0 fully saturated rings. The SMILES string of the molecule is CC(C)(C)c1cc(-c2cc(C(C)(C)c3ccccc3)cc(-c3cccc(N(c4ccccc4)c4ccccn4)c3)n2)c(O)c(C(C)(C)C)c1. The zero-order valence-electron chi connectivity index (χ0n) is 30.0. The molecule has 6 aromatic rings. The molecular weight excluding hydrogens is 599 g/mol. The minimum absolute atomic E-state index is 0.118. The molecule has 6 rings (SSSR count). The van der Waals surface area contributed by atoms with Crippen molar-refractivity contribution in [2.75, 3.05) is 4.90 Å². The summed E-state index contributed by atoms with van der Waals surface area (Å²) in [5.74, 6) is 1.12. The number of hydrogen-bond acceptors (Lipinski definition) is 4. The van der Waals surface area contributed by atoms with Gasteiger partial charge in [-0.05, 0) is 82.1 Å². The van der Waals surface area contributed by atoms with Crippen molar-refractivity contribution in [1.29, 1.82) is 0 Å². The largest absolute Gasteiger partial charge is 0.507 e. The summed E-state index contributed by atoms with van der Waals surface area (Å²) >= 11 is 0. The molecule has 0 radical (unpaired) electrons. The Balaban J connectivity index is 1.60. The molecular formula is C45H47N3O. The first-order valence-electron chi connectivity index (χ1n) is 17.1. The van der Waals surface area contributed by atoms with Gasteiger partial charge in [0.2, 0.25) is 0 Å². The summed E-state index contributed by atoms with van der Waals surface area (Å²) in [6, 6.07) is 44.0. The highest BCUT2D eigenvalue weighted by Gasteiger charge is 2.29. The number of para-hydroxylation sites is 1. The summed E-state index contributed by atoms with van der Waals surface area (Å²) in [6.45, 7) is 17.6. The smallest absolute Gasteiger partial charge is 0.137 e. The molecule has 0 spiro atoms. The van der Waals surface area contributed by atoms with Crippen LogP contribution < -0.4 is 4.90 Å². The Hall–Kier alpha value is -5.22. The summed E-state index contributed by atoms with van der Waals surface area (Å²) in [5, 5.41) is 12.0. The zero-order valence-corrected chi connectivity index (χ0v) is 30.0. The van der Waals surface area contributed by atoms with Gasteiger partial charge < -0.3 is 5.11 Å². The topological polar surface area (TPSA) is 49.2 Å². The number of phenols is 1. The summed E-state index contributed by atoms with van der Waals surface area (Å²) < 4.78 is 0. The molecule has 0 amide bonds. The number of hydrogen-bond donors (Lipinski definition) is 1. The molecule has 4 nitrogen and oxygen atoms in total. The van der Waals surface area contributed by atoms with Crippen LogP contribution in [0, 0.1) is 0 Å². The van der Waals surface area contributed by atoms with Gasteiger partial charge >= 0.3 is 0 Å². The van der Waals surface area contributed by atoms with Crippen LogP contribution in [-0.4, -0.2) is 15.1 Å². The maximum absolute atomic E-state index is 12.0. The van der Waals surface area contributed by atoms with E-state index in [-0.39, 0.29) is 22.0 Å².